The number of carboxylic acid groups (broad SMARTS) is 1. The molecule has 0 aliphatic carbocycles. The summed E-state index contributed by atoms with van der Waals surface area (Å²) in [6.07, 6.45) is -3.81. The Morgan fingerprint density at radius 1 is 0.862 bits per heavy atom. The molecule has 0 bridgehead atoms. The first-order valence-corrected chi connectivity index (χ1v) is 9.01. The highest BCUT2D eigenvalue weighted by Crippen LogP contribution is 2.31. The lowest BCUT2D eigenvalue weighted by Gasteiger charge is -2.10. The van der Waals surface area contributed by atoms with E-state index in [1.165, 1.54) is 12.1 Å². The molecular weight excluding hydrogens is 381 g/mol. The Hall–Kier alpha value is -3.28. The molecule has 3 nitrogen and oxygen atoms in total. The van der Waals surface area contributed by atoms with Gasteiger partial charge in [0, 0.05) is 6.42 Å². The van der Waals surface area contributed by atoms with Crippen LogP contribution in [-0.4, -0.2) is 11.1 Å². The summed E-state index contributed by atoms with van der Waals surface area (Å²) in [6, 6.07) is 19.7. The van der Waals surface area contributed by atoms with Crippen LogP contribution < -0.4 is 4.74 Å². The molecule has 0 saturated carbocycles. The van der Waals surface area contributed by atoms with E-state index in [-0.39, 0.29) is 6.42 Å². The lowest BCUT2D eigenvalue weighted by Crippen LogP contribution is -2.04. The van der Waals surface area contributed by atoms with Gasteiger partial charge in [0.2, 0.25) is 0 Å². The van der Waals surface area contributed by atoms with Crippen LogP contribution in [0.25, 0.3) is 11.1 Å². The smallest absolute Gasteiger partial charge is 0.416 e. The predicted molar refractivity (Wildman–Crippen MR) is 104 cm³/mol. The molecule has 6 heteroatoms. The molecule has 29 heavy (non-hydrogen) atoms. The Balaban J connectivity index is 1.63. The van der Waals surface area contributed by atoms with Crippen molar-refractivity contribution in [3.8, 4) is 16.9 Å². The van der Waals surface area contributed by atoms with Gasteiger partial charge in [0.1, 0.15) is 12.4 Å². The van der Waals surface area contributed by atoms with Gasteiger partial charge in [-0.05, 0) is 59.0 Å². The summed E-state index contributed by atoms with van der Waals surface area (Å²) in [5, 5.41) is 8.72. The van der Waals surface area contributed by atoms with Crippen LogP contribution in [0.4, 0.5) is 13.2 Å². The van der Waals surface area contributed by atoms with Gasteiger partial charge in [-0.25, -0.2) is 0 Å². The molecule has 0 spiro atoms. The summed E-state index contributed by atoms with van der Waals surface area (Å²) >= 11 is 0. The number of hydrogen-bond acceptors (Lipinski definition) is 2. The summed E-state index contributed by atoms with van der Waals surface area (Å²) in [7, 11) is 0. The Labute approximate surface area is 166 Å². The van der Waals surface area contributed by atoms with Crippen LogP contribution in [0.1, 0.15) is 23.1 Å². The molecule has 0 aliphatic heterocycles. The second-order valence-corrected chi connectivity index (χ2v) is 6.60. The minimum atomic E-state index is -4.35. The molecule has 0 saturated heterocycles. The lowest BCUT2D eigenvalue weighted by molar-refractivity contribution is -0.138. The van der Waals surface area contributed by atoms with Crippen LogP contribution >= 0.6 is 0 Å². The summed E-state index contributed by atoms with van der Waals surface area (Å²) < 4.78 is 43.9. The van der Waals surface area contributed by atoms with Crippen molar-refractivity contribution < 1.29 is 27.8 Å². The maximum absolute atomic E-state index is 12.7. The Morgan fingerprint density at radius 2 is 1.55 bits per heavy atom. The molecule has 3 rings (SSSR count). The Kier molecular flexibility index (Phi) is 6.22. The molecule has 0 amide bonds. The molecule has 0 aromatic heterocycles. The van der Waals surface area contributed by atoms with Gasteiger partial charge in [-0.2, -0.15) is 13.2 Å². The first-order valence-electron chi connectivity index (χ1n) is 9.01. The molecule has 0 unspecified atom stereocenters. The molecular formula is C23H19F3O3. The lowest BCUT2D eigenvalue weighted by atomic mass is 10.0. The van der Waals surface area contributed by atoms with Crippen molar-refractivity contribution in [2.24, 2.45) is 0 Å². The number of carbonyl (C=O) groups is 1. The number of alkyl halides is 3. The second-order valence-electron chi connectivity index (χ2n) is 6.60. The maximum atomic E-state index is 12.7. The quantitative estimate of drug-likeness (QED) is 0.532. The van der Waals surface area contributed by atoms with Gasteiger partial charge in [-0.3, -0.25) is 4.79 Å². The zero-order valence-electron chi connectivity index (χ0n) is 15.4. The van der Waals surface area contributed by atoms with Crippen LogP contribution in [0.15, 0.2) is 72.8 Å². The average molecular weight is 400 g/mol. The van der Waals surface area contributed by atoms with E-state index in [2.05, 4.69) is 0 Å². The van der Waals surface area contributed by atoms with E-state index in [1.807, 2.05) is 36.4 Å². The number of carboxylic acids is 1. The number of aryl methyl sites for hydroxylation is 1. The van der Waals surface area contributed by atoms with E-state index in [4.69, 9.17) is 9.84 Å². The van der Waals surface area contributed by atoms with Crippen LogP contribution in [0.3, 0.4) is 0 Å². The number of aliphatic carboxylic acids is 1. The predicted octanol–water partition coefficient (Wildman–Crippen LogP) is 5.97. The summed E-state index contributed by atoms with van der Waals surface area (Å²) in [5.41, 5.74) is 2.64. The minimum Gasteiger partial charge on any atom is -0.489 e. The Bertz CT molecular complexity index is 962. The van der Waals surface area contributed by atoms with Gasteiger partial charge in [-0.1, -0.05) is 42.5 Å². The standard InChI is InChI=1S/C23H19F3O3/c24-23(25,26)20-9-7-18(8-10-20)19-3-1-2-17(14-19)15-29-21-11-4-16(5-12-21)6-13-22(27)28/h1-5,7-12,14H,6,13,15H2,(H,27,28). The molecule has 1 N–H and O–H groups in total. The molecule has 0 radical (unpaired) electrons. The van der Waals surface area contributed by atoms with E-state index >= 15 is 0 Å². The van der Waals surface area contributed by atoms with Crippen molar-refractivity contribution in [2.45, 2.75) is 25.6 Å². The second kappa shape index (κ2) is 8.82. The van der Waals surface area contributed by atoms with Crippen molar-refractivity contribution >= 4 is 5.97 Å². The van der Waals surface area contributed by atoms with Gasteiger partial charge in [0.25, 0.3) is 0 Å². The van der Waals surface area contributed by atoms with Crippen molar-refractivity contribution in [1.29, 1.82) is 0 Å². The van der Waals surface area contributed by atoms with Crippen molar-refractivity contribution in [3.05, 3.63) is 89.5 Å². The van der Waals surface area contributed by atoms with Gasteiger partial charge >= 0.3 is 12.1 Å². The summed E-state index contributed by atoms with van der Waals surface area (Å²) in [4.78, 5) is 10.6. The van der Waals surface area contributed by atoms with Gasteiger partial charge in [0.15, 0.2) is 0 Å². The van der Waals surface area contributed by atoms with E-state index in [9.17, 15) is 18.0 Å². The minimum absolute atomic E-state index is 0.0803. The SMILES string of the molecule is O=C(O)CCc1ccc(OCc2cccc(-c3ccc(C(F)(F)F)cc3)c2)cc1. The van der Waals surface area contributed by atoms with Gasteiger partial charge < -0.3 is 9.84 Å². The third-order valence-corrected chi connectivity index (χ3v) is 4.43. The molecule has 0 heterocycles. The molecule has 150 valence electrons. The highest BCUT2D eigenvalue weighted by atomic mass is 19.4. The number of halogens is 3. The normalized spacial score (nSPS) is 11.3. The zero-order valence-corrected chi connectivity index (χ0v) is 15.4. The number of hydrogen-bond donors (Lipinski definition) is 1. The third kappa shape index (κ3) is 5.85. The third-order valence-electron chi connectivity index (χ3n) is 4.43. The summed E-state index contributed by atoms with van der Waals surface area (Å²) in [6.45, 7) is 0.308. The van der Waals surface area contributed by atoms with Crippen LogP contribution in [0.2, 0.25) is 0 Å². The van der Waals surface area contributed by atoms with Crippen LogP contribution in [0, 0.1) is 0 Å². The van der Waals surface area contributed by atoms with Gasteiger partial charge in [-0.15, -0.1) is 0 Å². The topological polar surface area (TPSA) is 46.5 Å². The summed E-state index contributed by atoms with van der Waals surface area (Å²) in [5.74, 6) is -0.178. The van der Waals surface area contributed by atoms with Crippen LogP contribution in [-0.2, 0) is 24.0 Å². The van der Waals surface area contributed by atoms with Crippen molar-refractivity contribution in [2.75, 3.05) is 0 Å². The fourth-order valence-electron chi connectivity index (χ4n) is 2.86. The molecule has 0 fully saturated rings. The largest absolute Gasteiger partial charge is 0.489 e. The fraction of sp³-hybridized carbons (Fsp3) is 0.174. The fourth-order valence-corrected chi connectivity index (χ4v) is 2.86. The molecule has 0 aliphatic rings. The monoisotopic (exact) mass is 400 g/mol. The van der Waals surface area contributed by atoms with Crippen LogP contribution in [0.5, 0.6) is 5.75 Å². The molecule has 3 aromatic rings. The number of rotatable bonds is 7. The molecule has 0 atom stereocenters. The van der Waals surface area contributed by atoms with E-state index in [1.54, 1.807) is 12.1 Å². The zero-order chi connectivity index (χ0) is 20.9. The molecule has 3 aromatic carbocycles. The maximum Gasteiger partial charge on any atom is 0.416 e. The number of ether oxygens (including phenoxy) is 1. The average Bonchev–Trinajstić information content (AvgIpc) is 2.71. The van der Waals surface area contributed by atoms with Crippen molar-refractivity contribution in [1.82, 2.24) is 0 Å². The highest BCUT2D eigenvalue weighted by molar-refractivity contribution is 5.67. The highest BCUT2D eigenvalue weighted by Gasteiger charge is 2.29. The van der Waals surface area contributed by atoms with Gasteiger partial charge in [0.05, 0.1) is 5.56 Å². The Morgan fingerprint density at radius 3 is 2.17 bits per heavy atom. The first-order chi connectivity index (χ1) is 13.8. The number of benzene rings is 3. The first kappa shape index (κ1) is 20.5. The van der Waals surface area contributed by atoms with E-state index in [0.29, 0.717) is 24.3 Å². The van der Waals surface area contributed by atoms with Crippen molar-refractivity contribution in [3.63, 3.8) is 0 Å². The van der Waals surface area contributed by atoms with E-state index in [0.717, 1.165) is 28.8 Å². The van der Waals surface area contributed by atoms with E-state index < -0.39 is 17.7 Å².